The molecule has 0 saturated heterocycles. The zero-order valence-electron chi connectivity index (χ0n) is 5.74. The quantitative estimate of drug-likeness (QED) is 0.556. The van der Waals surface area contributed by atoms with E-state index in [2.05, 4.69) is 32.3 Å². The molecule has 0 atom stereocenters. The highest BCUT2D eigenvalue weighted by atomic mass is 14.8. The highest BCUT2D eigenvalue weighted by Crippen LogP contribution is 1.83. The van der Waals surface area contributed by atoms with Crippen LogP contribution in [0.1, 0.15) is 0 Å². The Morgan fingerprint density at radius 1 is 1.33 bits per heavy atom. The van der Waals surface area contributed by atoms with Gasteiger partial charge >= 0.3 is 0 Å². The van der Waals surface area contributed by atoms with Gasteiger partial charge in [0.15, 0.2) is 0 Å². The second kappa shape index (κ2) is 4.21. The summed E-state index contributed by atoms with van der Waals surface area (Å²) in [4.78, 5) is 0. The van der Waals surface area contributed by atoms with E-state index in [0.717, 1.165) is 24.2 Å². The van der Waals surface area contributed by atoms with Gasteiger partial charge in [-0.3, -0.25) is 0 Å². The van der Waals surface area contributed by atoms with Crippen LogP contribution >= 0.6 is 0 Å². The van der Waals surface area contributed by atoms with Gasteiger partial charge in [0.05, 0.1) is 6.54 Å². The molecule has 0 fully saturated rings. The van der Waals surface area contributed by atoms with E-state index in [4.69, 9.17) is 0 Å². The van der Waals surface area contributed by atoms with E-state index in [1.54, 1.807) is 0 Å². The lowest BCUT2D eigenvalue weighted by Crippen LogP contribution is -2.17. The predicted molar refractivity (Wildman–Crippen MR) is 41.9 cm³/mol. The molecular weight excluding hydrogens is 110 g/mol. The smallest absolute Gasteiger partial charge is 0.110 e. The average Bonchev–Trinajstić information content (AvgIpc) is 1.63. The Kier molecular flexibility index (Phi) is 3.89. The molecule has 0 heterocycles. The van der Waals surface area contributed by atoms with Crippen LogP contribution < -0.4 is 5.32 Å². The number of rotatable bonds is 4. The first kappa shape index (κ1) is 8.31. The third kappa shape index (κ3) is 7.31. The Morgan fingerprint density at radius 3 is 2.22 bits per heavy atom. The first-order chi connectivity index (χ1) is 4.13. The van der Waals surface area contributed by atoms with Gasteiger partial charge in [0, 0.05) is 20.0 Å². The van der Waals surface area contributed by atoms with Crippen LogP contribution in [-0.2, 0) is 0 Å². The molecule has 0 aromatic carbocycles. The molecule has 0 bridgehead atoms. The molecule has 0 aliphatic heterocycles. The lowest BCUT2D eigenvalue weighted by Gasteiger charge is -1.98. The zero-order valence-corrected chi connectivity index (χ0v) is 5.74. The van der Waals surface area contributed by atoms with Crippen LogP contribution in [0.3, 0.4) is 0 Å². The van der Waals surface area contributed by atoms with Crippen LogP contribution in [0.15, 0.2) is 24.3 Å². The predicted octanol–water partition coefficient (Wildman–Crippen LogP) is 1.36. The third-order valence-corrected chi connectivity index (χ3v) is 0.750. The van der Waals surface area contributed by atoms with Crippen molar-refractivity contribution in [2.75, 3.05) is 13.1 Å². The maximum atomic E-state index is 3.63. The summed E-state index contributed by atoms with van der Waals surface area (Å²) in [5, 5.41) is 3.06. The maximum Gasteiger partial charge on any atom is 0.110 e. The fourth-order valence-corrected chi connectivity index (χ4v) is 0.416. The van der Waals surface area contributed by atoms with Gasteiger partial charge in [0.2, 0.25) is 0 Å². The Bertz CT molecular complexity index is 99.7. The standard InChI is InChI=1S/C8H13N/c1-7(2)5-9-6-8(3)4/h9H,1-6H2/q+1. The van der Waals surface area contributed by atoms with E-state index in [-0.39, 0.29) is 0 Å². The second-order valence-electron chi connectivity index (χ2n) is 2.10. The fourth-order valence-electron chi connectivity index (χ4n) is 0.416. The SMILES string of the molecule is [CH2]C(=C)CNCC(=C)[CH2+]. The first-order valence-corrected chi connectivity index (χ1v) is 2.83. The molecule has 0 spiro atoms. The second-order valence-corrected chi connectivity index (χ2v) is 2.10. The number of nitrogens with one attached hydrogen (secondary N) is 1. The molecule has 1 radical (unpaired) electrons. The molecular formula is C8H13N+. The summed E-state index contributed by atoms with van der Waals surface area (Å²) in [6.07, 6.45) is 0. The summed E-state index contributed by atoms with van der Waals surface area (Å²) in [6, 6.07) is 0. The van der Waals surface area contributed by atoms with Gasteiger partial charge in [-0.15, -0.1) is 0 Å². The van der Waals surface area contributed by atoms with Crippen LogP contribution in [0.4, 0.5) is 0 Å². The Hall–Kier alpha value is -0.690. The molecule has 0 unspecified atom stereocenters. The molecule has 0 aliphatic carbocycles. The summed E-state index contributed by atoms with van der Waals surface area (Å²) < 4.78 is 0. The Morgan fingerprint density at radius 2 is 1.89 bits per heavy atom. The Labute approximate surface area is 57.5 Å². The minimum atomic E-state index is 0.745. The van der Waals surface area contributed by atoms with E-state index in [1.807, 2.05) is 0 Å². The van der Waals surface area contributed by atoms with E-state index >= 15 is 0 Å². The molecule has 0 aliphatic rings. The maximum absolute atomic E-state index is 3.63. The molecule has 1 nitrogen and oxygen atoms in total. The monoisotopic (exact) mass is 123 g/mol. The lowest BCUT2D eigenvalue weighted by molar-refractivity contribution is 0.811. The summed E-state index contributed by atoms with van der Waals surface area (Å²) in [5.41, 5.74) is 1.77. The molecule has 0 rings (SSSR count). The van der Waals surface area contributed by atoms with Crippen molar-refractivity contribution in [3.05, 3.63) is 38.2 Å². The molecule has 0 aromatic rings. The molecule has 49 valence electrons. The van der Waals surface area contributed by atoms with E-state index in [0.29, 0.717) is 0 Å². The van der Waals surface area contributed by atoms with Crippen molar-refractivity contribution in [2.24, 2.45) is 0 Å². The first-order valence-electron chi connectivity index (χ1n) is 2.83. The summed E-state index contributed by atoms with van der Waals surface area (Å²) in [5.74, 6) is 0. The van der Waals surface area contributed by atoms with Crippen molar-refractivity contribution in [3.8, 4) is 0 Å². The van der Waals surface area contributed by atoms with Crippen molar-refractivity contribution in [1.82, 2.24) is 5.32 Å². The highest BCUT2D eigenvalue weighted by molar-refractivity contribution is 5.04. The highest BCUT2D eigenvalue weighted by Gasteiger charge is 1.90. The van der Waals surface area contributed by atoms with Crippen molar-refractivity contribution >= 4 is 0 Å². The summed E-state index contributed by atoms with van der Waals surface area (Å²) >= 11 is 0. The zero-order chi connectivity index (χ0) is 7.28. The molecule has 0 amide bonds. The van der Waals surface area contributed by atoms with Gasteiger partial charge < -0.3 is 5.32 Å². The van der Waals surface area contributed by atoms with Crippen molar-refractivity contribution in [1.29, 1.82) is 0 Å². The van der Waals surface area contributed by atoms with Crippen LogP contribution in [0, 0.1) is 13.8 Å². The van der Waals surface area contributed by atoms with Crippen molar-refractivity contribution in [2.45, 2.75) is 0 Å². The Balaban J connectivity index is 3.10. The van der Waals surface area contributed by atoms with E-state index in [9.17, 15) is 0 Å². The summed E-state index contributed by atoms with van der Waals surface area (Å²) in [6.45, 7) is 16.0. The van der Waals surface area contributed by atoms with E-state index in [1.165, 1.54) is 0 Å². The van der Waals surface area contributed by atoms with Gasteiger partial charge in [0.1, 0.15) is 5.57 Å². The molecule has 9 heavy (non-hydrogen) atoms. The summed E-state index contributed by atoms with van der Waals surface area (Å²) in [7, 11) is 0. The van der Waals surface area contributed by atoms with Crippen molar-refractivity contribution < 1.29 is 0 Å². The normalized spacial score (nSPS) is 9.00. The third-order valence-electron chi connectivity index (χ3n) is 0.750. The van der Waals surface area contributed by atoms with Crippen LogP contribution in [0.2, 0.25) is 0 Å². The topological polar surface area (TPSA) is 12.0 Å². The van der Waals surface area contributed by atoms with Crippen molar-refractivity contribution in [3.63, 3.8) is 0 Å². The van der Waals surface area contributed by atoms with E-state index < -0.39 is 0 Å². The minimum Gasteiger partial charge on any atom is -0.306 e. The number of hydrogen-bond acceptors (Lipinski definition) is 1. The van der Waals surface area contributed by atoms with Gasteiger partial charge in [-0.2, -0.15) is 0 Å². The van der Waals surface area contributed by atoms with Crippen LogP contribution in [-0.4, -0.2) is 13.1 Å². The lowest BCUT2D eigenvalue weighted by atomic mass is 10.3. The fraction of sp³-hybridized carbons (Fsp3) is 0.250. The van der Waals surface area contributed by atoms with Gasteiger partial charge in [-0.1, -0.05) is 12.2 Å². The van der Waals surface area contributed by atoms with Gasteiger partial charge in [0.25, 0.3) is 0 Å². The molecule has 0 aromatic heterocycles. The number of hydrogen-bond donors (Lipinski definition) is 1. The molecule has 1 heteroatoms. The molecule has 0 saturated carbocycles. The largest absolute Gasteiger partial charge is 0.306 e. The van der Waals surface area contributed by atoms with Gasteiger partial charge in [-0.25, -0.2) is 0 Å². The average molecular weight is 123 g/mol. The molecule has 1 N–H and O–H groups in total. The van der Waals surface area contributed by atoms with Gasteiger partial charge in [-0.05, 0) is 6.92 Å². The minimum absolute atomic E-state index is 0.745. The van der Waals surface area contributed by atoms with Crippen LogP contribution in [0.25, 0.3) is 0 Å². The van der Waals surface area contributed by atoms with Crippen LogP contribution in [0.5, 0.6) is 0 Å².